The highest BCUT2D eigenvalue weighted by Crippen LogP contribution is 2.43. The second kappa shape index (κ2) is 7.38. The van der Waals surface area contributed by atoms with Crippen molar-refractivity contribution in [3.05, 3.63) is 0 Å². The minimum atomic E-state index is 0.558. The Hall–Kier alpha value is -0.0800. The van der Waals surface area contributed by atoms with E-state index in [1.807, 2.05) is 0 Å². The second-order valence-corrected chi connectivity index (χ2v) is 6.43. The predicted octanol–water partition coefficient (Wildman–Crippen LogP) is 3.61. The summed E-state index contributed by atoms with van der Waals surface area (Å²) in [5.74, 6) is 0.760. The molecule has 1 saturated carbocycles. The maximum absolute atomic E-state index is 5.75. The highest BCUT2D eigenvalue weighted by atomic mass is 16.5. The van der Waals surface area contributed by atoms with Gasteiger partial charge in [0.1, 0.15) is 0 Å². The Kier molecular flexibility index (Phi) is 6.50. The van der Waals surface area contributed by atoms with Gasteiger partial charge in [0, 0.05) is 25.8 Å². The zero-order chi connectivity index (χ0) is 12.7. The van der Waals surface area contributed by atoms with Gasteiger partial charge >= 0.3 is 0 Å². The van der Waals surface area contributed by atoms with E-state index in [-0.39, 0.29) is 0 Å². The first-order valence-electron chi connectivity index (χ1n) is 7.35. The Morgan fingerprint density at radius 2 is 1.82 bits per heavy atom. The number of ether oxygens (including phenoxy) is 1. The van der Waals surface area contributed by atoms with Crippen LogP contribution in [-0.4, -0.2) is 25.8 Å². The molecule has 2 heteroatoms. The molecular formula is C15H31NO. The van der Waals surface area contributed by atoms with Crippen LogP contribution in [0.25, 0.3) is 0 Å². The van der Waals surface area contributed by atoms with Crippen LogP contribution in [0.4, 0.5) is 0 Å². The molecule has 0 saturated heterocycles. The minimum absolute atomic E-state index is 0.558. The van der Waals surface area contributed by atoms with Crippen molar-refractivity contribution >= 4 is 0 Å². The van der Waals surface area contributed by atoms with Crippen molar-refractivity contribution in [1.29, 1.82) is 0 Å². The molecule has 0 unspecified atom stereocenters. The van der Waals surface area contributed by atoms with Gasteiger partial charge in [0.05, 0.1) is 0 Å². The van der Waals surface area contributed by atoms with Gasteiger partial charge < -0.3 is 10.1 Å². The first kappa shape index (κ1) is 15.0. The van der Waals surface area contributed by atoms with Crippen LogP contribution >= 0.6 is 0 Å². The van der Waals surface area contributed by atoms with Crippen molar-refractivity contribution in [1.82, 2.24) is 5.32 Å². The molecule has 0 spiro atoms. The van der Waals surface area contributed by atoms with Crippen molar-refractivity contribution in [2.75, 3.05) is 19.8 Å². The van der Waals surface area contributed by atoms with Crippen molar-refractivity contribution in [3.63, 3.8) is 0 Å². The molecule has 0 aromatic carbocycles. The molecule has 0 aromatic heterocycles. The topological polar surface area (TPSA) is 21.3 Å². The van der Waals surface area contributed by atoms with Gasteiger partial charge in [-0.05, 0) is 37.0 Å². The third-order valence-electron chi connectivity index (χ3n) is 3.92. The SMILES string of the molecule is CC(C)CCOCCC1(CNC(C)C)CCC1. The maximum atomic E-state index is 5.75. The fourth-order valence-corrected chi connectivity index (χ4v) is 2.32. The maximum Gasteiger partial charge on any atom is 0.0471 e. The van der Waals surface area contributed by atoms with Crippen LogP contribution in [0.1, 0.15) is 59.8 Å². The molecule has 0 aliphatic heterocycles. The van der Waals surface area contributed by atoms with Crippen LogP contribution in [0.5, 0.6) is 0 Å². The summed E-state index contributed by atoms with van der Waals surface area (Å²) in [6.45, 7) is 12.0. The van der Waals surface area contributed by atoms with E-state index in [1.54, 1.807) is 0 Å². The molecule has 0 radical (unpaired) electrons. The highest BCUT2D eigenvalue weighted by molar-refractivity contribution is 4.89. The molecule has 17 heavy (non-hydrogen) atoms. The molecule has 0 atom stereocenters. The Morgan fingerprint density at radius 3 is 2.29 bits per heavy atom. The lowest BCUT2D eigenvalue weighted by molar-refractivity contribution is 0.0449. The van der Waals surface area contributed by atoms with Gasteiger partial charge in [-0.25, -0.2) is 0 Å². The van der Waals surface area contributed by atoms with Gasteiger partial charge in [-0.1, -0.05) is 34.1 Å². The van der Waals surface area contributed by atoms with E-state index in [9.17, 15) is 0 Å². The largest absolute Gasteiger partial charge is 0.381 e. The van der Waals surface area contributed by atoms with Crippen molar-refractivity contribution in [2.24, 2.45) is 11.3 Å². The average Bonchev–Trinajstić information content (AvgIpc) is 2.19. The predicted molar refractivity (Wildman–Crippen MR) is 74.3 cm³/mol. The van der Waals surface area contributed by atoms with Crippen LogP contribution in [0.3, 0.4) is 0 Å². The van der Waals surface area contributed by atoms with E-state index in [4.69, 9.17) is 4.74 Å². The fraction of sp³-hybridized carbons (Fsp3) is 1.00. The Morgan fingerprint density at radius 1 is 1.12 bits per heavy atom. The lowest BCUT2D eigenvalue weighted by Gasteiger charge is -2.42. The first-order valence-corrected chi connectivity index (χ1v) is 7.35. The fourth-order valence-electron chi connectivity index (χ4n) is 2.32. The van der Waals surface area contributed by atoms with Crippen molar-refractivity contribution in [3.8, 4) is 0 Å². The van der Waals surface area contributed by atoms with Crippen LogP contribution in [0, 0.1) is 11.3 Å². The zero-order valence-corrected chi connectivity index (χ0v) is 12.2. The molecule has 1 rings (SSSR count). The Balaban J connectivity index is 2.09. The molecule has 0 amide bonds. The summed E-state index contributed by atoms with van der Waals surface area (Å²) < 4.78 is 5.75. The van der Waals surface area contributed by atoms with Gasteiger partial charge in [-0.3, -0.25) is 0 Å². The van der Waals surface area contributed by atoms with E-state index in [1.165, 1.54) is 38.6 Å². The van der Waals surface area contributed by atoms with E-state index >= 15 is 0 Å². The number of hydrogen-bond acceptors (Lipinski definition) is 2. The van der Waals surface area contributed by atoms with Crippen molar-refractivity contribution < 1.29 is 4.74 Å². The average molecular weight is 241 g/mol. The van der Waals surface area contributed by atoms with Crippen LogP contribution in [-0.2, 0) is 4.74 Å². The molecule has 0 heterocycles. The third kappa shape index (κ3) is 5.87. The standard InChI is InChI=1S/C15H31NO/c1-13(2)6-10-17-11-9-15(7-5-8-15)12-16-14(3)4/h13-14,16H,5-12H2,1-4H3. The smallest absolute Gasteiger partial charge is 0.0471 e. The van der Waals surface area contributed by atoms with Crippen molar-refractivity contribution in [2.45, 2.75) is 65.8 Å². The van der Waals surface area contributed by atoms with Gasteiger partial charge in [0.15, 0.2) is 0 Å². The van der Waals surface area contributed by atoms with Crippen LogP contribution in [0.2, 0.25) is 0 Å². The molecule has 0 aromatic rings. The highest BCUT2D eigenvalue weighted by Gasteiger charge is 2.36. The summed E-state index contributed by atoms with van der Waals surface area (Å²) in [6, 6.07) is 0.606. The first-order chi connectivity index (χ1) is 8.04. The normalized spacial score (nSPS) is 18.7. The quantitative estimate of drug-likeness (QED) is 0.623. The van der Waals surface area contributed by atoms with Crippen LogP contribution in [0.15, 0.2) is 0 Å². The molecule has 0 bridgehead atoms. The van der Waals surface area contributed by atoms with Crippen LogP contribution < -0.4 is 5.32 Å². The molecule has 1 aliphatic rings. The minimum Gasteiger partial charge on any atom is -0.381 e. The van der Waals surface area contributed by atoms with E-state index in [0.717, 1.165) is 19.1 Å². The number of hydrogen-bond donors (Lipinski definition) is 1. The summed E-state index contributed by atoms with van der Waals surface area (Å²) >= 11 is 0. The molecule has 1 aliphatic carbocycles. The third-order valence-corrected chi connectivity index (χ3v) is 3.92. The molecule has 2 nitrogen and oxygen atoms in total. The summed E-state index contributed by atoms with van der Waals surface area (Å²) in [7, 11) is 0. The lowest BCUT2D eigenvalue weighted by atomic mass is 9.66. The lowest BCUT2D eigenvalue weighted by Crippen LogP contribution is -2.43. The Labute approximate surface area is 108 Å². The number of rotatable bonds is 9. The molecule has 1 fully saturated rings. The molecule has 102 valence electrons. The monoisotopic (exact) mass is 241 g/mol. The second-order valence-electron chi connectivity index (χ2n) is 6.43. The summed E-state index contributed by atoms with van der Waals surface area (Å²) in [5.41, 5.74) is 0.558. The van der Waals surface area contributed by atoms with E-state index in [2.05, 4.69) is 33.0 Å². The molecular weight excluding hydrogens is 210 g/mol. The summed E-state index contributed by atoms with van der Waals surface area (Å²) in [6.07, 6.45) is 6.62. The van der Waals surface area contributed by atoms with Gasteiger partial charge in [0.2, 0.25) is 0 Å². The number of nitrogens with one attached hydrogen (secondary N) is 1. The van der Waals surface area contributed by atoms with Gasteiger partial charge in [-0.2, -0.15) is 0 Å². The van der Waals surface area contributed by atoms with E-state index in [0.29, 0.717) is 11.5 Å². The summed E-state index contributed by atoms with van der Waals surface area (Å²) in [5, 5.41) is 3.59. The van der Waals surface area contributed by atoms with Gasteiger partial charge in [0.25, 0.3) is 0 Å². The molecule has 1 N–H and O–H groups in total. The summed E-state index contributed by atoms with van der Waals surface area (Å²) in [4.78, 5) is 0. The Bertz CT molecular complexity index is 197. The van der Waals surface area contributed by atoms with Gasteiger partial charge in [-0.15, -0.1) is 0 Å². The van der Waals surface area contributed by atoms with E-state index < -0.39 is 0 Å². The zero-order valence-electron chi connectivity index (χ0n) is 12.2.